The molecule has 1 aliphatic rings. The lowest BCUT2D eigenvalue weighted by Gasteiger charge is -2.31. The van der Waals surface area contributed by atoms with E-state index >= 15 is 0 Å². The highest BCUT2D eigenvalue weighted by Gasteiger charge is 2.51. The lowest BCUT2D eigenvalue weighted by Crippen LogP contribution is -2.49. The van der Waals surface area contributed by atoms with Crippen molar-refractivity contribution in [2.45, 2.75) is 44.4 Å². The van der Waals surface area contributed by atoms with Crippen molar-refractivity contribution in [3.8, 4) is 0 Å². The van der Waals surface area contributed by atoms with E-state index in [4.69, 9.17) is 4.74 Å². The number of hydrogen-bond donors (Lipinski definition) is 2. The van der Waals surface area contributed by atoms with Gasteiger partial charge in [0, 0.05) is 12.6 Å². The van der Waals surface area contributed by atoms with Crippen LogP contribution in [0.2, 0.25) is 0 Å². The lowest BCUT2D eigenvalue weighted by atomic mass is 9.90. The van der Waals surface area contributed by atoms with Crippen molar-refractivity contribution >= 4 is 18.0 Å². The second-order valence-electron chi connectivity index (χ2n) is 9.26. The van der Waals surface area contributed by atoms with E-state index in [0.29, 0.717) is 12.8 Å². The number of benzene rings is 3. The van der Waals surface area contributed by atoms with Crippen LogP contribution in [0.25, 0.3) is 0 Å². The molecule has 0 aliphatic heterocycles. The van der Waals surface area contributed by atoms with Gasteiger partial charge in [-0.15, -0.1) is 0 Å². The molecule has 1 aliphatic carbocycles. The number of carbonyl (C=O) groups excluding carboxylic acids is 2. The van der Waals surface area contributed by atoms with Gasteiger partial charge in [-0.05, 0) is 29.5 Å². The number of aliphatic carboxylic acids is 1. The fourth-order valence-electron chi connectivity index (χ4n) is 4.65. The molecule has 0 radical (unpaired) electrons. The van der Waals surface area contributed by atoms with Crippen molar-refractivity contribution in [3.63, 3.8) is 0 Å². The van der Waals surface area contributed by atoms with Crippen molar-refractivity contribution in [1.29, 1.82) is 0 Å². The van der Waals surface area contributed by atoms with Crippen LogP contribution >= 0.6 is 0 Å². The number of carbonyl (C=O) groups is 3. The van der Waals surface area contributed by atoms with Gasteiger partial charge in [0.15, 0.2) is 0 Å². The van der Waals surface area contributed by atoms with Gasteiger partial charge in [0.25, 0.3) is 0 Å². The maximum Gasteiger partial charge on any atom is 0.410 e. The van der Waals surface area contributed by atoms with Crippen LogP contribution < -0.4 is 5.32 Å². The number of amides is 2. The summed E-state index contributed by atoms with van der Waals surface area (Å²) in [6.45, 7) is 2.20. The molecule has 1 saturated carbocycles. The molecule has 1 fully saturated rings. The first-order chi connectivity index (χ1) is 18.0. The largest absolute Gasteiger partial charge is 0.481 e. The summed E-state index contributed by atoms with van der Waals surface area (Å²) in [6.07, 6.45) is 0.336. The first-order valence-corrected chi connectivity index (χ1v) is 12.6. The van der Waals surface area contributed by atoms with E-state index < -0.39 is 36.0 Å². The van der Waals surface area contributed by atoms with Gasteiger partial charge in [-0.1, -0.05) is 97.9 Å². The van der Waals surface area contributed by atoms with Crippen LogP contribution in [0.1, 0.15) is 42.4 Å². The molecule has 7 nitrogen and oxygen atoms in total. The molecule has 7 heteroatoms. The average Bonchev–Trinajstić information content (AvgIpc) is 3.72. The highest BCUT2D eigenvalue weighted by atomic mass is 16.6. The summed E-state index contributed by atoms with van der Waals surface area (Å²) in [5.74, 6) is -2.25. The smallest absolute Gasteiger partial charge is 0.410 e. The van der Waals surface area contributed by atoms with Crippen LogP contribution in [0.5, 0.6) is 0 Å². The van der Waals surface area contributed by atoms with E-state index in [2.05, 4.69) is 5.32 Å². The van der Waals surface area contributed by atoms with Crippen molar-refractivity contribution in [3.05, 3.63) is 108 Å². The Morgan fingerprint density at radius 1 is 0.919 bits per heavy atom. The van der Waals surface area contributed by atoms with E-state index in [-0.39, 0.29) is 19.1 Å². The van der Waals surface area contributed by atoms with Gasteiger partial charge in [0.05, 0.1) is 17.9 Å². The number of carboxylic acids is 1. The molecular formula is C30H32N2O5. The normalized spacial score (nSPS) is 17.0. The topological polar surface area (TPSA) is 95.9 Å². The zero-order valence-electron chi connectivity index (χ0n) is 20.8. The van der Waals surface area contributed by atoms with Gasteiger partial charge in [-0.25, -0.2) is 4.79 Å². The Balaban J connectivity index is 1.49. The van der Waals surface area contributed by atoms with Gasteiger partial charge in [-0.3, -0.25) is 14.5 Å². The summed E-state index contributed by atoms with van der Waals surface area (Å²) in [4.78, 5) is 39.8. The average molecular weight is 501 g/mol. The van der Waals surface area contributed by atoms with Crippen LogP contribution in [0.3, 0.4) is 0 Å². The minimum absolute atomic E-state index is 0.0908. The zero-order valence-corrected chi connectivity index (χ0v) is 20.8. The Hall–Kier alpha value is -4.13. The standard InChI is InChI=1S/C30H32N2O5/c1-2-24(19-31-28(33)27(22-14-8-4-9-15-22)23-16-10-5-11-17-23)32(26-18-25(26)29(34)35)30(36)37-20-21-12-6-3-7-13-21/h3-17,24-27H,2,18-20H2,1H3,(H,31,33)(H,34,35)/t24-,25-,26+/m1/s1. The van der Waals surface area contributed by atoms with E-state index in [9.17, 15) is 19.5 Å². The first kappa shape index (κ1) is 25.9. The molecule has 37 heavy (non-hydrogen) atoms. The molecule has 192 valence electrons. The minimum atomic E-state index is -0.932. The third-order valence-electron chi connectivity index (χ3n) is 6.75. The summed E-state index contributed by atoms with van der Waals surface area (Å²) in [6, 6.07) is 27.6. The molecule has 3 aromatic rings. The van der Waals surface area contributed by atoms with Gasteiger partial charge in [-0.2, -0.15) is 0 Å². The summed E-state index contributed by atoms with van der Waals surface area (Å²) in [5.41, 5.74) is 2.58. The second kappa shape index (κ2) is 12.2. The van der Waals surface area contributed by atoms with Gasteiger partial charge in [0.2, 0.25) is 5.91 Å². The van der Waals surface area contributed by atoms with E-state index in [1.54, 1.807) is 0 Å². The molecule has 0 heterocycles. The lowest BCUT2D eigenvalue weighted by molar-refractivity contribution is -0.139. The molecule has 2 N–H and O–H groups in total. The van der Waals surface area contributed by atoms with Crippen molar-refractivity contribution in [2.24, 2.45) is 5.92 Å². The predicted octanol–water partition coefficient (Wildman–Crippen LogP) is 4.83. The van der Waals surface area contributed by atoms with Crippen molar-refractivity contribution in [1.82, 2.24) is 10.2 Å². The quantitative estimate of drug-likeness (QED) is 0.393. The number of carboxylic acid groups (broad SMARTS) is 1. The molecular weight excluding hydrogens is 468 g/mol. The summed E-state index contributed by atoms with van der Waals surface area (Å²) in [7, 11) is 0. The van der Waals surface area contributed by atoms with Crippen LogP contribution in [0.15, 0.2) is 91.0 Å². The van der Waals surface area contributed by atoms with Crippen molar-refractivity contribution in [2.75, 3.05) is 6.54 Å². The maximum atomic E-state index is 13.5. The van der Waals surface area contributed by atoms with Gasteiger partial charge < -0.3 is 15.2 Å². The van der Waals surface area contributed by atoms with E-state index in [1.807, 2.05) is 97.9 Å². The highest BCUT2D eigenvalue weighted by Crippen LogP contribution is 2.38. The number of nitrogens with zero attached hydrogens (tertiary/aromatic N) is 1. The Kier molecular flexibility index (Phi) is 8.56. The molecule has 2 amide bonds. The SMILES string of the molecule is CC[C@H](CNC(=O)C(c1ccccc1)c1ccccc1)N(C(=O)OCc1ccccc1)[C@H]1C[C@H]1C(=O)O. The highest BCUT2D eigenvalue weighted by molar-refractivity contribution is 5.87. The number of nitrogens with one attached hydrogen (secondary N) is 1. The first-order valence-electron chi connectivity index (χ1n) is 12.6. The third kappa shape index (κ3) is 6.55. The maximum absolute atomic E-state index is 13.5. The molecule has 0 spiro atoms. The fourth-order valence-corrected chi connectivity index (χ4v) is 4.65. The predicted molar refractivity (Wildman–Crippen MR) is 140 cm³/mol. The van der Waals surface area contributed by atoms with E-state index in [0.717, 1.165) is 16.7 Å². The number of ether oxygens (including phenoxy) is 1. The van der Waals surface area contributed by atoms with Gasteiger partial charge in [0.1, 0.15) is 6.61 Å². The van der Waals surface area contributed by atoms with E-state index in [1.165, 1.54) is 4.90 Å². The minimum Gasteiger partial charge on any atom is -0.481 e. The molecule has 3 aromatic carbocycles. The molecule has 3 atom stereocenters. The Bertz CT molecular complexity index is 1150. The summed E-state index contributed by atoms with van der Waals surface area (Å²) < 4.78 is 5.58. The van der Waals surface area contributed by atoms with Gasteiger partial charge >= 0.3 is 12.1 Å². The van der Waals surface area contributed by atoms with Crippen LogP contribution in [-0.4, -0.2) is 46.6 Å². The van der Waals surface area contributed by atoms with Crippen LogP contribution in [-0.2, 0) is 20.9 Å². The molecule has 0 aromatic heterocycles. The fraction of sp³-hybridized carbons (Fsp3) is 0.300. The van der Waals surface area contributed by atoms with Crippen molar-refractivity contribution < 1.29 is 24.2 Å². The molecule has 4 rings (SSSR count). The Morgan fingerprint density at radius 2 is 1.46 bits per heavy atom. The van der Waals surface area contributed by atoms with Crippen LogP contribution in [0, 0.1) is 5.92 Å². The Morgan fingerprint density at radius 3 is 1.95 bits per heavy atom. The summed E-state index contributed by atoms with van der Waals surface area (Å²) in [5, 5.41) is 12.5. The summed E-state index contributed by atoms with van der Waals surface area (Å²) >= 11 is 0. The van der Waals surface area contributed by atoms with Crippen LogP contribution in [0.4, 0.5) is 4.79 Å². The zero-order chi connectivity index (χ0) is 26.2. The number of rotatable bonds is 11. The molecule has 0 unspecified atom stereocenters. The monoisotopic (exact) mass is 500 g/mol. The number of hydrogen-bond acceptors (Lipinski definition) is 4. The Labute approximate surface area is 217 Å². The molecule has 0 bridgehead atoms. The third-order valence-corrected chi connectivity index (χ3v) is 6.75. The molecule has 0 saturated heterocycles. The second-order valence-corrected chi connectivity index (χ2v) is 9.26.